The first-order valence-corrected chi connectivity index (χ1v) is 5.39. The summed E-state index contributed by atoms with van der Waals surface area (Å²) in [5.74, 6) is 0.723. The highest BCUT2D eigenvalue weighted by Gasteiger charge is 2.14. The van der Waals surface area contributed by atoms with Gasteiger partial charge in [0.25, 0.3) is 0 Å². The van der Waals surface area contributed by atoms with Gasteiger partial charge in [0.15, 0.2) is 0 Å². The smallest absolute Gasteiger partial charge is 0.244 e. The van der Waals surface area contributed by atoms with Crippen LogP contribution in [0, 0.1) is 0 Å². The van der Waals surface area contributed by atoms with Gasteiger partial charge in [0.1, 0.15) is 11.9 Å². The molecule has 0 radical (unpaired) electrons. The van der Waals surface area contributed by atoms with Gasteiger partial charge in [0.2, 0.25) is 5.91 Å². The Balaban J connectivity index is 2.62. The zero-order valence-corrected chi connectivity index (χ0v) is 10.6. The molecular formula is C10H14BrN3O. The highest BCUT2D eigenvalue weighted by Crippen LogP contribution is 2.11. The largest absolute Gasteiger partial charge is 0.359 e. The van der Waals surface area contributed by atoms with Gasteiger partial charge in [-0.05, 0) is 35.0 Å². The zero-order chi connectivity index (χ0) is 11.4. The number of carbonyl (C=O) groups is 1. The first kappa shape index (κ1) is 12.0. The fourth-order valence-corrected chi connectivity index (χ4v) is 1.37. The maximum absolute atomic E-state index is 11.5. The first-order chi connectivity index (χ1) is 7.00. The van der Waals surface area contributed by atoms with Gasteiger partial charge >= 0.3 is 0 Å². The van der Waals surface area contributed by atoms with Crippen molar-refractivity contribution in [3.63, 3.8) is 0 Å². The molecular weight excluding hydrogens is 258 g/mol. The van der Waals surface area contributed by atoms with Crippen molar-refractivity contribution in [1.82, 2.24) is 9.88 Å². The molecule has 0 aromatic carbocycles. The molecule has 82 valence electrons. The maximum Gasteiger partial charge on any atom is 0.244 e. The highest BCUT2D eigenvalue weighted by atomic mass is 79.9. The van der Waals surface area contributed by atoms with Gasteiger partial charge in [-0.1, -0.05) is 0 Å². The van der Waals surface area contributed by atoms with E-state index in [0.29, 0.717) is 5.82 Å². The third-order valence-electron chi connectivity index (χ3n) is 1.90. The fourth-order valence-electron chi connectivity index (χ4n) is 1.13. The lowest BCUT2D eigenvalue weighted by atomic mass is 10.3. The summed E-state index contributed by atoms with van der Waals surface area (Å²) in [6.45, 7) is 1.81. The van der Waals surface area contributed by atoms with Crippen LogP contribution in [-0.2, 0) is 4.79 Å². The summed E-state index contributed by atoms with van der Waals surface area (Å²) in [5.41, 5.74) is 0. The molecule has 0 fully saturated rings. The number of likely N-dealkylation sites (N-methyl/N-ethyl adjacent to an activating group) is 1. The molecule has 15 heavy (non-hydrogen) atoms. The van der Waals surface area contributed by atoms with Gasteiger partial charge in [0, 0.05) is 24.8 Å². The minimum absolute atomic E-state index is 0.0275. The molecule has 0 spiro atoms. The Morgan fingerprint density at radius 3 is 2.67 bits per heavy atom. The Morgan fingerprint density at radius 2 is 2.20 bits per heavy atom. The molecule has 1 amide bonds. The van der Waals surface area contributed by atoms with Crippen LogP contribution in [0.2, 0.25) is 0 Å². The van der Waals surface area contributed by atoms with Gasteiger partial charge in [-0.15, -0.1) is 0 Å². The van der Waals surface area contributed by atoms with Crippen molar-refractivity contribution >= 4 is 27.7 Å². The number of carbonyl (C=O) groups excluding carboxylic acids is 1. The normalized spacial score (nSPS) is 12.0. The second-order valence-electron chi connectivity index (χ2n) is 3.46. The molecule has 1 N–H and O–H groups in total. The van der Waals surface area contributed by atoms with Crippen molar-refractivity contribution in [3.8, 4) is 0 Å². The van der Waals surface area contributed by atoms with E-state index in [0.717, 1.165) is 4.47 Å². The molecule has 1 aromatic rings. The average Bonchev–Trinajstić information content (AvgIpc) is 2.20. The molecule has 4 nitrogen and oxygen atoms in total. The Hall–Kier alpha value is -1.10. The van der Waals surface area contributed by atoms with Crippen molar-refractivity contribution < 1.29 is 4.79 Å². The third-order valence-corrected chi connectivity index (χ3v) is 2.37. The van der Waals surface area contributed by atoms with Crippen LogP contribution in [0.4, 0.5) is 5.82 Å². The summed E-state index contributed by atoms with van der Waals surface area (Å²) in [7, 11) is 3.46. The lowest BCUT2D eigenvalue weighted by molar-refractivity contribution is -0.129. The molecule has 0 saturated heterocycles. The zero-order valence-electron chi connectivity index (χ0n) is 8.99. The summed E-state index contributed by atoms with van der Waals surface area (Å²) in [5, 5.41) is 3.03. The summed E-state index contributed by atoms with van der Waals surface area (Å²) in [6, 6.07) is 3.43. The van der Waals surface area contributed by atoms with E-state index in [1.165, 1.54) is 0 Å². The number of hydrogen-bond acceptors (Lipinski definition) is 3. The second kappa shape index (κ2) is 5.11. The van der Waals surface area contributed by atoms with Crippen LogP contribution in [0.3, 0.4) is 0 Å². The lowest BCUT2D eigenvalue weighted by Gasteiger charge is -2.18. The van der Waals surface area contributed by atoms with Crippen molar-refractivity contribution in [2.75, 3.05) is 19.4 Å². The Bertz CT molecular complexity index is 337. The number of rotatable bonds is 3. The van der Waals surface area contributed by atoms with Crippen LogP contribution in [-0.4, -0.2) is 35.9 Å². The summed E-state index contributed by atoms with van der Waals surface area (Å²) in [4.78, 5) is 17.2. The number of nitrogens with one attached hydrogen (secondary N) is 1. The van der Waals surface area contributed by atoms with Gasteiger partial charge < -0.3 is 10.2 Å². The lowest BCUT2D eigenvalue weighted by Crippen LogP contribution is -2.36. The van der Waals surface area contributed by atoms with Crippen molar-refractivity contribution in [1.29, 1.82) is 0 Å². The van der Waals surface area contributed by atoms with Crippen LogP contribution < -0.4 is 5.32 Å². The highest BCUT2D eigenvalue weighted by molar-refractivity contribution is 9.10. The fraction of sp³-hybridized carbons (Fsp3) is 0.400. The minimum Gasteiger partial charge on any atom is -0.359 e. The van der Waals surface area contributed by atoms with Gasteiger partial charge in [-0.3, -0.25) is 4.79 Å². The number of amides is 1. The van der Waals surface area contributed by atoms with E-state index >= 15 is 0 Å². The monoisotopic (exact) mass is 271 g/mol. The van der Waals surface area contributed by atoms with Crippen molar-refractivity contribution in [3.05, 3.63) is 22.8 Å². The van der Waals surface area contributed by atoms with Crippen LogP contribution in [0.5, 0.6) is 0 Å². The number of aromatic nitrogens is 1. The van der Waals surface area contributed by atoms with E-state index < -0.39 is 0 Å². The van der Waals surface area contributed by atoms with Crippen LogP contribution in [0.1, 0.15) is 6.92 Å². The second-order valence-corrected chi connectivity index (χ2v) is 4.38. The van der Waals surface area contributed by atoms with E-state index in [-0.39, 0.29) is 11.9 Å². The van der Waals surface area contributed by atoms with E-state index in [9.17, 15) is 4.79 Å². The predicted molar refractivity (Wildman–Crippen MR) is 63.7 cm³/mol. The molecule has 0 aliphatic heterocycles. The molecule has 1 aromatic heterocycles. The van der Waals surface area contributed by atoms with E-state index in [1.54, 1.807) is 25.2 Å². The van der Waals surface area contributed by atoms with Crippen LogP contribution in [0.15, 0.2) is 22.8 Å². The number of hydrogen-bond donors (Lipinski definition) is 1. The molecule has 1 heterocycles. The quantitative estimate of drug-likeness (QED) is 0.911. The topological polar surface area (TPSA) is 45.2 Å². The Morgan fingerprint density at radius 1 is 1.53 bits per heavy atom. The molecule has 0 saturated carbocycles. The van der Waals surface area contributed by atoms with E-state index in [4.69, 9.17) is 0 Å². The van der Waals surface area contributed by atoms with Gasteiger partial charge in [-0.2, -0.15) is 0 Å². The van der Waals surface area contributed by atoms with E-state index in [1.807, 2.05) is 19.1 Å². The van der Waals surface area contributed by atoms with Gasteiger partial charge in [-0.25, -0.2) is 4.98 Å². The molecule has 0 aliphatic carbocycles. The maximum atomic E-state index is 11.5. The molecule has 5 heteroatoms. The number of anilines is 1. The number of pyridine rings is 1. The molecule has 0 aliphatic rings. The number of halogens is 1. The van der Waals surface area contributed by atoms with Crippen LogP contribution in [0.25, 0.3) is 0 Å². The summed E-state index contributed by atoms with van der Waals surface area (Å²) < 4.78 is 0.916. The van der Waals surface area contributed by atoms with E-state index in [2.05, 4.69) is 26.2 Å². The Labute approximate surface area is 97.8 Å². The molecule has 1 atom stereocenters. The predicted octanol–water partition coefficient (Wildman–Crippen LogP) is 1.73. The third kappa shape index (κ3) is 3.51. The van der Waals surface area contributed by atoms with Crippen LogP contribution >= 0.6 is 15.9 Å². The summed E-state index contributed by atoms with van der Waals surface area (Å²) in [6.07, 6.45) is 1.69. The SMILES string of the molecule is CC(Nc1ccc(Br)cn1)C(=O)N(C)C. The molecule has 0 bridgehead atoms. The standard InChI is InChI=1S/C10H14BrN3O/c1-7(10(15)14(2)3)13-9-5-4-8(11)6-12-9/h4-7H,1-3H3,(H,12,13). The summed E-state index contributed by atoms with van der Waals surface area (Å²) >= 11 is 3.30. The molecule has 1 unspecified atom stereocenters. The minimum atomic E-state index is -0.270. The number of nitrogens with zero attached hydrogens (tertiary/aromatic N) is 2. The first-order valence-electron chi connectivity index (χ1n) is 4.60. The Kier molecular flexibility index (Phi) is 4.08. The molecule has 1 rings (SSSR count). The average molecular weight is 272 g/mol. The van der Waals surface area contributed by atoms with Crippen molar-refractivity contribution in [2.24, 2.45) is 0 Å². The van der Waals surface area contributed by atoms with Gasteiger partial charge in [0.05, 0.1) is 0 Å². The van der Waals surface area contributed by atoms with Crippen molar-refractivity contribution in [2.45, 2.75) is 13.0 Å².